The van der Waals surface area contributed by atoms with E-state index in [1.165, 1.54) is 23.9 Å². The molecule has 0 bridgehead atoms. The van der Waals surface area contributed by atoms with Crippen molar-refractivity contribution < 1.29 is 13.2 Å². The van der Waals surface area contributed by atoms with Crippen LogP contribution in [0.15, 0.2) is 78.0 Å². The Labute approximate surface area is 176 Å². The van der Waals surface area contributed by atoms with Gasteiger partial charge in [-0.1, -0.05) is 54.2 Å². The molecule has 0 unspecified atom stereocenters. The minimum atomic E-state index is -4.33. The van der Waals surface area contributed by atoms with E-state index in [-0.39, 0.29) is 0 Å². The molecule has 0 aliphatic carbocycles. The first-order valence-corrected chi connectivity index (χ1v) is 10.3. The fourth-order valence-electron chi connectivity index (χ4n) is 2.99. The molecule has 0 aliphatic rings. The molecule has 0 radical (unpaired) electrons. The topological polar surface area (TPSA) is 37.8 Å². The van der Waals surface area contributed by atoms with Gasteiger partial charge in [0.2, 0.25) is 0 Å². The molecule has 1 N–H and O–H groups in total. The average molecular weight is 425 g/mol. The van der Waals surface area contributed by atoms with Crippen molar-refractivity contribution >= 4 is 34.2 Å². The molecule has 3 aromatic carbocycles. The maximum absolute atomic E-state index is 12.7. The van der Waals surface area contributed by atoms with Crippen LogP contribution in [0.2, 0.25) is 0 Å². The number of halogens is 3. The van der Waals surface area contributed by atoms with E-state index in [4.69, 9.17) is 0 Å². The van der Waals surface area contributed by atoms with Crippen LogP contribution in [0, 0.1) is 6.92 Å². The lowest BCUT2D eigenvalue weighted by Gasteiger charge is -2.12. The number of hydrogen-bond acceptors (Lipinski definition) is 4. The highest BCUT2D eigenvalue weighted by molar-refractivity contribution is 7.98. The first kappa shape index (κ1) is 20.2. The van der Waals surface area contributed by atoms with Crippen LogP contribution in [0.1, 0.15) is 16.7 Å². The molecule has 4 rings (SSSR count). The third-order valence-corrected chi connectivity index (χ3v) is 5.55. The van der Waals surface area contributed by atoms with Gasteiger partial charge in [-0.2, -0.15) is 13.2 Å². The van der Waals surface area contributed by atoms with Crippen molar-refractivity contribution in [2.24, 2.45) is 0 Å². The minimum Gasteiger partial charge on any atom is -0.339 e. The van der Waals surface area contributed by atoms with Gasteiger partial charge in [0, 0.05) is 16.8 Å². The largest absolute Gasteiger partial charge is 0.416 e. The Morgan fingerprint density at radius 1 is 0.867 bits per heavy atom. The van der Waals surface area contributed by atoms with Crippen LogP contribution in [-0.4, -0.2) is 9.97 Å². The van der Waals surface area contributed by atoms with Gasteiger partial charge in [0.1, 0.15) is 5.82 Å². The smallest absolute Gasteiger partial charge is 0.339 e. The quantitative estimate of drug-likeness (QED) is 0.276. The normalized spacial score (nSPS) is 11.6. The number of hydrogen-bond donors (Lipinski definition) is 1. The second-order valence-corrected chi connectivity index (χ2v) is 7.74. The summed E-state index contributed by atoms with van der Waals surface area (Å²) in [5.41, 5.74) is 2.98. The Balaban J connectivity index is 1.59. The number of aromatic nitrogens is 2. The molecular formula is C23H18F3N3S. The summed E-state index contributed by atoms with van der Waals surface area (Å²) in [6.07, 6.45) is -4.33. The van der Waals surface area contributed by atoms with Gasteiger partial charge in [0.25, 0.3) is 0 Å². The highest BCUT2D eigenvalue weighted by atomic mass is 32.2. The highest BCUT2D eigenvalue weighted by Gasteiger charge is 2.29. The van der Waals surface area contributed by atoms with E-state index in [2.05, 4.69) is 15.3 Å². The Morgan fingerprint density at radius 2 is 1.57 bits per heavy atom. The highest BCUT2D eigenvalue weighted by Crippen LogP contribution is 2.31. The van der Waals surface area contributed by atoms with Crippen LogP contribution in [-0.2, 0) is 11.9 Å². The maximum Gasteiger partial charge on any atom is 0.416 e. The summed E-state index contributed by atoms with van der Waals surface area (Å²) in [5, 5.41) is 4.85. The Hall–Kier alpha value is -3.06. The number of anilines is 2. The molecule has 0 fully saturated rings. The molecule has 1 heterocycles. The average Bonchev–Trinajstić information content (AvgIpc) is 2.73. The molecule has 152 valence electrons. The van der Waals surface area contributed by atoms with Crippen molar-refractivity contribution in [2.45, 2.75) is 24.0 Å². The Bertz CT molecular complexity index is 1170. The predicted molar refractivity (Wildman–Crippen MR) is 115 cm³/mol. The summed E-state index contributed by atoms with van der Waals surface area (Å²) in [7, 11) is 0. The summed E-state index contributed by atoms with van der Waals surface area (Å²) < 4.78 is 38.2. The zero-order valence-electron chi connectivity index (χ0n) is 16.1. The van der Waals surface area contributed by atoms with E-state index in [0.717, 1.165) is 39.8 Å². The van der Waals surface area contributed by atoms with Crippen LogP contribution < -0.4 is 5.32 Å². The van der Waals surface area contributed by atoms with Crippen molar-refractivity contribution in [1.29, 1.82) is 0 Å². The molecule has 30 heavy (non-hydrogen) atoms. The predicted octanol–water partition coefficient (Wildman–Crippen LogP) is 6.99. The number of fused-ring (bicyclic) bond motifs is 1. The van der Waals surface area contributed by atoms with E-state index in [0.29, 0.717) is 16.7 Å². The van der Waals surface area contributed by atoms with Crippen LogP contribution in [0.4, 0.5) is 24.7 Å². The number of nitrogens with zero attached hydrogens (tertiary/aromatic N) is 2. The summed E-state index contributed by atoms with van der Waals surface area (Å²) in [6, 6.07) is 20.8. The van der Waals surface area contributed by atoms with Gasteiger partial charge in [-0.15, -0.1) is 0 Å². The second-order valence-electron chi connectivity index (χ2n) is 6.80. The van der Waals surface area contributed by atoms with Crippen LogP contribution in [0.3, 0.4) is 0 Å². The monoisotopic (exact) mass is 425 g/mol. The van der Waals surface area contributed by atoms with E-state index >= 15 is 0 Å². The lowest BCUT2D eigenvalue weighted by Crippen LogP contribution is -2.04. The summed E-state index contributed by atoms with van der Waals surface area (Å²) in [5.74, 6) is 1.17. The summed E-state index contributed by atoms with van der Waals surface area (Å²) >= 11 is 1.39. The SMILES string of the molecule is Cc1ccccc1Nc1nc(SCc2ccc(C(F)(F)F)cc2)nc2ccccc12. The van der Waals surface area contributed by atoms with E-state index in [1.54, 1.807) is 0 Å². The fourth-order valence-corrected chi connectivity index (χ4v) is 3.80. The van der Waals surface area contributed by atoms with Crippen molar-refractivity contribution in [1.82, 2.24) is 9.97 Å². The van der Waals surface area contributed by atoms with E-state index in [9.17, 15) is 13.2 Å². The summed E-state index contributed by atoms with van der Waals surface area (Å²) in [4.78, 5) is 9.27. The molecule has 1 aromatic heterocycles. The second kappa shape index (κ2) is 8.36. The van der Waals surface area contributed by atoms with Gasteiger partial charge in [0.05, 0.1) is 11.1 Å². The van der Waals surface area contributed by atoms with Crippen LogP contribution in [0.25, 0.3) is 10.9 Å². The van der Waals surface area contributed by atoms with Gasteiger partial charge < -0.3 is 5.32 Å². The molecular weight excluding hydrogens is 407 g/mol. The van der Waals surface area contributed by atoms with Crippen molar-refractivity contribution in [3.8, 4) is 0 Å². The van der Waals surface area contributed by atoms with Crippen LogP contribution >= 0.6 is 11.8 Å². The third-order valence-electron chi connectivity index (χ3n) is 4.63. The molecule has 0 aliphatic heterocycles. The van der Waals surface area contributed by atoms with E-state index < -0.39 is 11.7 Å². The fraction of sp³-hybridized carbons (Fsp3) is 0.130. The number of benzene rings is 3. The van der Waals surface area contributed by atoms with Gasteiger partial charge in [-0.3, -0.25) is 0 Å². The molecule has 3 nitrogen and oxygen atoms in total. The van der Waals surface area contributed by atoms with E-state index in [1.807, 2.05) is 55.5 Å². The minimum absolute atomic E-state index is 0.473. The number of aryl methyl sites for hydroxylation is 1. The molecule has 0 saturated carbocycles. The first-order chi connectivity index (χ1) is 14.4. The standard InChI is InChI=1S/C23H18F3N3S/c1-15-6-2-4-8-19(15)27-21-18-7-3-5-9-20(18)28-22(29-21)30-14-16-10-12-17(13-11-16)23(24,25)26/h2-13H,14H2,1H3,(H,27,28,29). The number of thioether (sulfide) groups is 1. The molecule has 0 saturated heterocycles. The third kappa shape index (κ3) is 4.57. The number of alkyl halides is 3. The van der Waals surface area contributed by atoms with Crippen LogP contribution in [0.5, 0.6) is 0 Å². The maximum atomic E-state index is 12.7. The van der Waals surface area contributed by atoms with Gasteiger partial charge in [0.15, 0.2) is 5.16 Å². The zero-order valence-corrected chi connectivity index (χ0v) is 16.9. The molecule has 0 spiro atoms. The summed E-state index contributed by atoms with van der Waals surface area (Å²) in [6.45, 7) is 2.02. The zero-order chi connectivity index (χ0) is 21.1. The lowest BCUT2D eigenvalue weighted by atomic mass is 10.1. The first-order valence-electron chi connectivity index (χ1n) is 9.28. The Kier molecular flexibility index (Phi) is 5.63. The van der Waals surface area contributed by atoms with Crippen molar-refractivity contribution in [3.63, 3.8) is 0 Å². The number of rotatable bonds is 5. The van der Waals surface area contributed by atoms with Crippen molar-refractivity contribution in [3.05, 3.63) is 89.5 Å². The molecule has 0 atom stereocenters. The van der Waals surface area contributed by atoms with Crippen molar-refractivity contribution in [2.75, 3.05) is 5.32 Å². The molecule has 4 aromatic rings. The lowest BCUT2D eigenvalue weighted by molar-refractivity contribution is -0.137. The van der Waals surface area contributed by atoms with Gasteiger partial charge >= 0.3 is 6.18 Å². The van der Waals surface area contributed by atoms with Gasteiger partial charge in [-0.05, 0) is 48.4 Å². The van der Waals surface area contributed by atoms with Gasteiger partial charge in [-0.25, -0.2) is 9.97 Å². The molecule has 7 heteroatoms. The number of para-hydroxylation sites is 2. The molecule has 0 amide bonds. The number of nitrogens with one attached hydrogen (secondary N) is 1. The Morgan fingerprint density at radius 3 is 2.30 bits per heavy atom.